The smallest absolute Gasteiger partial charge is 0.341 e. The minimum Gasteiger partial charge on any atom is -0.482 e. The zero-order chi connectivity index (χ0) is 18.4. The summed E-state index contributed by atoms with van der Waals surface area (Å²) >= 11 is 0. The Morgan fingerprint density at radius 1 is 1.00 bits per heavy atom. The summed E-state index contributed by atoms with van der Waals surface area (Å²) in [7, 11) is 0. The average molecular weight is 338 g/mol. The Kier molecular flexibility index (Phi) is 5.75. The van der Waals surface area contributed by atoms with Gasteiger partial charge in [-0.2, -0.15) is 0 Å². The first-order chi connectivity index (χ1) is 11.8. The normalized spacial score (nSPS) is 11.5. The largest absolute Gasteiger partial charge is 0.482 e. The minimum absolute atomic E-state index is 0.0574. The number of hydrogen-bond acceptors (Lipinski definition) is 3. The molecule has 0 aliphatic rings. The average Bonchev–Trinajstić information content (AvgIpc) is 2.58. The first-order valence-electron chi connectivity index (χ1n) is 8.03. The van der Waals surface area contributed by atoms with Gasteiger partial charge in [0, 0.05) is 5.56 Å². The molecule has 0 aliphatic carbocycles. The summed E-state index contributed by atoms with van der Waals surface area (Å²) in [5.41, 5.74) is 2.72. The molecule has 0 radical (unpaired) electrons. The van der Waals surface area contributed by atoms with Crippen molar-refractivity contribution in [2.24, 2.45) is 0 Å². The van der Waals surface area contributed by atoms with Gasteiger partial charge < -0.3 is 9.84 Å². The van der Waals surface area contributed by atoms with Crippen molar-refractivity contribution in [1.82, 2.24) is 0 Å². The van der Waals surface area contributed by atoms with Crippen LogP contribution in [0.2, 0.25) is 0 Å². The van der Waals surface area contributed by atoms with Crippen LogP contribution in [0.15, 0.2) is 54.6 Å². The Balaban J connectivity index is 2.01. The molecular weight excluding hydrogens is 316 g/mol. The fraction of sp³-hybridized carbons (Fsp3) is 0.238. The summed E-state index contributed by atoms with van der Waals surface area (Å²) in [6, 6.07) is 14.5. The molecule has 0 fully saturated rings. The molecule has 0 heterocycles. The van der Waals surface area contributed by atoms with E-state index in [0.29, 0.717) is 11.3 Å². The standard InChI is InChI=1S/C21H22O4/c1-21(2,3)17-9-7-16(8-10-17)19(22)13-6-15-4-11-18(12-5-15)25-14-20(23)24/h4-13H,14H2,1-3H3,(H,23,24). The van der Waals surface area contributed by atoms with E-state index in [1.54, 1.807) is 30.3 Å². The Labute approximate surface area is 147 Å². The Morgan fingerprint density at radius 2 is 1.60 bits per heavy atom. The molecule has 0 saturated heterocycles. The second-order valence-corrected chi connectivity index (χ2v) is 6.78. The summed E-state index contributed by atoms with van der Waals surface area (Å²) < 4.78 is 5.07. The SMILES string of the molecule is CC(C)(C)c1ccc(C(=O)C=Cc2ccc(OCC(=O)O)cc2)cc1. The number of carboxylic acids is 1. The van der Waals surface area contributed by atoms with Gasteiger partial charge in [0.2, 0.25) is 0 Å². The zero-order valence-corrected chi connectivity index (χ0v) is 14.7. The maximum Gasteiger partial charge on any atom is 0.341 e. The van der Waals surface area contributed by atoms with E-state index in [1.165, 1.54) is 11.6 Å². The topological polar surface area (TPSA) is 63.6 Å². The summed E-state index contributed by atoms with van der Waals surface area (Å²) in [6.45, 7) is 6.02. The lowest BCUT2D eigenvalue weighted by Crippen LogP contribution is -2.11. The van der Waals surface area contributed by atoms with Crippen molar-refractivity contribution in [2.45, 2.75) is 26.2 Å². The van der Waals surface area contributed by atoms with Crippen molar-refractivity contribution in [2.75, 3.05) is 6.61 Å². The Hall–Kier alpha value is -2.88. The number of carbonyl (C=O) groups is 2. The number of carboxylic acid groups (broad SMARTS) is 1. The van der Waals surface area contributed by atoms with Gasteiger partial charge in [-0.1, -0.05) is 63.2 Å². The van der Waals surface area contributed by atoms with Crippen LogP contribution in [-0.2, 0) is 10.2 Å². The van der Waals surface area contributed by atoms with E-state index in [0.717, 1.165) is 5.56 Å². The number of ketones is 1. The van der Waals surface area contributed by atoms with Gasteiger partial charge in [-0.3, -0.25) is 4.79 Å². The minimum atomic E-state index is -1.02. The highest BCUT2D eigenvalue weighted by Gasteiger charge is 2.13. The first kappa shape index (κ1) is 18.5. The monoisotopic (exact) mass is 338 g/mol. The van der Waals surface area contributed by atoms with Crippen LogP contribution in [0.5, 0.6) is 5.75 Å². The summed E-state index contributed by atoms with van der Waals surface area (Å²) in [5.74, 6) is -0.609. The van der Waals surface area contributed by atoms with Gasteiger partial charge in [0.15, 0.2) is 12.4 Å². The number of ether oxygens (including phenoxy) is 1. The fourth-order valence-corrected chi connectivity index (χ4v) is 2.22. The molecule has 130 valence electrons. The molecule has 25 heavy (non-hydrogen) atoms. The molecular formula is C21H22O4. The Bertz CT molecular complexity index is 763. The highest BCUT2D eigenvalue weighted by atomic mass is 16.5. The molecule has 2 aromatic carbocycles. The maximum atomic E-state index is 12.2. The predicted molar refractivity (Wildman–Crippen MR) is 98.1 cm³/mol. The Morgan fingerprint density at radius 3 is 2.12 bits per heavy atom. The third kappa shape index (κ3) is 5.60. The first-order valence-corrected chi connectivity index (χ1v) is 8.03. The molecule has 2 rings (SSSR count). The number of carbonyl (C=O) groups excluding carboxylic acids is 1. The van der Waals surface area contributed by atoms with Gasteiger partial charge in [-0.05, 0) is 34.8 Å². The van der Waals surface area contributed by atoms with E-state index < -0.39 is 5.97 Å². The van der Waals surface area contributed by atoms with E-state index in [-0.39, 0.29) is 17.8 Å². The molecule has 0 aromatic heterocycles. The van der Waals surface area contributed by atoms with E-state index in [2.05, 4.69) is 20.8 Å². The van der Waals surface area contributed by atoms with Crippen LogP contribution in [0.1, 0.15) is 42.3 Å². The van der Waals surface area contributed by atoms with Gasteiger partial charge in [0.25, 0.3) is 0 Å². The quantitative estimate of drug-likeness (QED) is 0.628. The van der Waals surface area contributed by atoms with Crippen molar-refractivity contribution in [3.8, 4) is 5.75 Å². The number of aliphatic carboxylic acids is 1. The molecule has 0 bridgehead atoms. The van der Waals surface area contributed by atoms with Gasteiger partial charge in [-0.25, -0.2) is 4.79 Å². The van der Waals surface area contributed by atoms with Crippen molar-refractivity contribution in [3.05, 3.63) is 71.3 Å². The maximum absolute atomic E-state index is 12.2. The van der Waals surface area contributed by atoms with Gasteiger partial charge in [-0.15, -0.1) is 0 Å². The third-order valence-electron chi connectivity index (χ3n) is 3.71. The summed E-state index contributed by atoms with van der Waals surface area (Å²) in [6.07, 6.45) is 3.25. The van der Waals surface area contributed by atoms with E-state index in [1.807, 2.05) is 24.3 Å². The van der Waals surface area contributed by atoms with Gasteiger partial charge in [0.1, 0.15) is 5.75 Å². The van der Waals surface area contributed by atoms with Gasteiger partial charge in [0.05, 0.1) is 0 Å². The highest BCUT2D eigenvalue weighted by Crippen LogP contribution is 2.22. The molecule has 0 spiro atoms. The fourth-order valence-electron chi connectivity index (χ4n) is 2.22. The molecule has 2 aromatic rings. The van der Waals surface area contributed by atoms with Crippen LogP contribution in [0.3, 0.4) is 0 Å². The third-order valence-corrected chi connectivity index (χ3v) is 3.71. The molecule has 0 amide bonds. The molecule has 0 unspecified atom stereocenters. The van der Waals surface area contributed by atoms with Crippen LogP contribution in [0.4, 0.5) is 0 Å². The summed E-state index contributed by atoms with van der Waals surface area (Å²) in [4.78, 5) is 22.7. The molecule has 0 saturated carbocycles. The molecule has 0 aliphatic heterocycles. The van der Waals surface area contributed by atoms with E-state index >= 15 is 0 Å². The van der Waals surface area contributed by atoms with Crippen LogP contribution < -0.4 is 4.74 Å². The number of benzene rings is 2. The second kappa shape index (κ2) is 7.79. The molecule has 0 atom stereocenters. The van der Waals surface area contributed by atoms with Crippen LogP contribution in [0.25, 0.3) is 6.08 Å². The number of allylic oxidation sites excluding steroid dienone is 1. The van der Waals surface area contributed by atoms with E-state index in [4.69, 9.17) is 9.84 Å². The van der Waals surface area contributed by atoms with Gasteiger partial charge >= 0.3 is 5.97 Å². The lowest BCUT2D eigenvalue weighted by Gasteiger charge is -2.18. The second-order valence-electron chi connectivity index (χ2n) is 6.78. The molecule has 4 heteroatoms. The van der Waals surface area contributed by atoms with Crippen LogP contribution in [0, 0.1) is 0 Å². The lowest BCUT2D eigenvalue weighted by molar-refractivity contribution is -0.139. The van der Waals surface area contributed by atoms with E-state index in [9.17, 15) is 9.59 Å². The zero-order valence-electron chi connectivity index (χ0n) is 14.7. The van der Waals surface area contributed by atoms with Crippen molar-refractivity contribution >= 4 is 17.8 Å². The number of hydrogen-bond donors (Lipinski definition) is 1. The molecule has 1 N–H and O–H groups in total. The van der Waals surface area contributed by atoms with Crippen LogP contribution in [-0.4, -0.2) is 23.5 Å². The highest BCUT2D eigenvalue weighted by molar-refractivity contribution is 6.06. The lowest BCUT2D eigenvalue weighted by atomic mass is 9.86. The molecule has 4 nitrogen and oxygen atoms in total. The predicted octanol–water partition coefficient (Wildman–Crippen LogP) is 4.34. The van der Waals surface area contributed by atoms with Crippen molar-refractivity contribution in [1.29, 1.82) is 0 Å². The number of rotatable bonds is 6. The van der Waals surface area contributed by atoms with Crippen molar-refractivity contribution in [3.63, 3.8) is 0 Å². The van der Waals surface area contributed by atoms with Crippen molar-refractivity contribution < 1.29 is 19.4 Å². The summed E-state index contributed by atoms with van der Waals surface area (Å²) in [5, 5.41) is 8.57. The van der Waals surface area contributed by atoms with Crippen LogP contribution >= 0.6 is 0 Å².